The van der Waals surface area contributed by atoms with E-state index in [1.54, 1.807) is 22.8 Å². The molecule has 0 saturated carbocycles. The smallest absolute Gasteiger partial charge is 0.344 e. The van der Waals surface area contributed by atoms with Gasteiger partial charge in [0, 0.05) is 29.6 Å². The van der Waals surface area contributed by atoms with Crippen molar-refractivity contribution in [3.63, 3.8) is 0 Å². The molecule has 0 fully saturated rings. The molecule has 0 amide bonds. The fraction of sp³-hybridized carbons (Fsp3) is 0.250. The molecule has 7 nitrogen and oxygen atoms in total. The van der Waals surface area contributed by atoms with Gasteiger partial charge < -0.3 is 10.2 Å². The van der Waals surface area contributed by atoms with Crippen molar-refractivity contribution >= 4 is 28.5 Å². The highest BCUT2D eigenvalue weighted by Crippen LogP contribution is 2.29. The molecule has 104 valence electrons. The summed E-state index contributed by atoms with van der Waals surface area (Å²) in [5.74, 6) is 0. The number of aromatic amines is 1. The van der Waals surface area contributed by atoms with E-state index < -0.39 is 0 Å². The molecule has 0 spiro atoms. The van der Waals surface area contributed by atoms with Crippen molar-refractivity contribution in [1.29, 1.82) is 0 Å². The van der Waals surface area contributed by atoms with Crippen LogP contribution in [-0.2, 0) is 0 Å². The summed E-state index contributed by atoms with van der Waals surface area (Å²) in [6.07, 6.45) is 0. The number of fused-ring (bicyclic) bond motifs is 1. The average molecular weight is 291 g/mol. The van der Waals surface area contributed by atoms with Crippen molar-refractivity contribution in [3.05, 3.63) is 28.7 Å². The maximum absolute atomic E-state index is 11.7. The van der Waals surface area contributed by atoms with E-state index in [0.717, 1.165) is 5.52 Å². The number of hydrogen-bond acceptors (Lipinski definition) is 6. The van der Waals surface area contributed by atoms with Crippen LogP contribution >= 0.6 is 11.8 Å². The second-order valence-electron chi connectivity index (χ2n) is 4.58. The molecule has 0 unspecified atom stereocenters. The largest absolute Gasteiger partial charge is 0.431 e. The Morgan fingerprint density at radius 3 is 3.00 bits per heavy atom. The van der Waals surface area contributed by atoms with Gasteiger partial charge in [0.05, 0.1) is 0 Å². The van der Waals surface area contributed by atoms with Crippen molar-refractivity contribution in [1.82, 2.24) is 19.7 Å². The van der Waals surface area contributed by atoms with E-state index in [1.165, 1.54) is 11.8 Å². The normalized spacial score (nSPS) is 11.6. The van der Waals surface area contributed by atoms with E-state index >= 15 is 0 Å². The Morgan fingerprint density at radius 1 is 1.45 bits per heavy atom. The third-order valence-corrected chi connectivity index (χ3v) is 3.58. The van der Waals surface area contributed by atoms with Crippen molar-refractivity contribution in [2.24, 2.45) is 0 Å². The van der Waals surface area contributed by atoms with Gasteiger partial charge >= 0.3 is 5.69 Å². The molecule has 0 atom stereocenters. The molecule has 20 heavy (non-hydrogen) atoms. The summed E-state index contributed by atoms with van der Waals surface area (Å²) in [6.45, 7) is 3.82. The lowest BCUT2D eigenvalue weighted by atomic mass is 10.3. The number of anilines is 1. The Bertz CT molecular complexity index is 817. The molecule has 0 aliphatic rings. The molecule has 2 aromatic heterocycles. The number of nitrogens with two attached hydrogens (primary N) is 1. The third-order valence-electron chi connectivity index (χ3n) is 2.76. The van der Waals surface area contributed by atoms with Crippen LogP contribution in [0.15, 0.2) is 37.8 Å². The first-order valence-corrected chi connectivity index (χ1v) is 6.87. The van der Waals surface area contributed by atoms with Gasteiger partial charge in [-0.1, -0.05) is 0 Å². The number of aromatic nitrogens is 4. The lowest BCUT2D eigenvalue weighted by Gasteiger charge is -2.06. The number of H-pyrrole nitrogens is 1. The minimum atomic E-state index is -0.247. The van der Waals surface area contributed by atoms with Crippen LogP contribution in [0.25, 0.3) is 11.1 Å². The van der Waals surface area contributed by atoms with Gasteiger partial charge in [-0.15, -0.1) is 5.10 Å². The number of nitrogens with one attached hydrogen (secondary N) is 1. The van der Waals surface area contributed by atoms with E-state index in [9.17, 15) is 4.79 Å². The van der Waals surface area contributed by atoms with Crippen molar-refractivity contribution in [3.8, 4) is 0 Å². The highest BCUT2D eigenvalue weighted by atomic mass is 32.2. The maximum Gasteiger partial charge on any atom is 0.344 e. The van der Waals surface area contributed by atoms with Crippen LogP contribution in [0.3, 0.4) is 0 Å². The molecule has 0 aliphatic carbocycles. The number of oxazole rings is 1. The van der Waals surface area contributed by atoms with Crippen molar-refractivity contribution < 1.29 is 4.42 Å². The predicted octanol–water partition coefficient (Wildman–Crippen LogP) is 2.03. The first-order chi connectivity index (χ1) is 9.54. The summed E-state index contributed by atoms with van der Waals surface area (Å²) in [7, 11) is 0. The number of nitrogens with zero attached hydrogens (tertiary/aromatic N) is 3. The topological polar surface area (TPSA) is 103 Å². The molecule has 0 aliphatic heterocycles. The van der Waals surface area contributed by atoms with Gasteiger partial charge in [0.25, 0.3) is 5.22 Å². The lowest BCUT2D eigenvalue weighted by molar-refractivity contribution is 0.484. The molecule has 8 heteroatoms. The molecule has 0 radical (unpaired) electrons. The summed E-state index contributed by atoms with van der Waals surface area (Å²) in [6, 6.07) is 5.27. The zero-order valence-electron chi connectivity index (χ0n) is 11.0. The Balaban J connectivity index is 1.99. The first kappa shape index (κ1) is 12.8. The van der Waals surface area contributed by atoms with Gasteiger partial charge in [0.1, 0.15) is 5.52 Å². The standard InChI is InChI=1S/C12H13N5O2S/c1-6(2)17-10(18)15-16-11(17)20-12-14-8-4-3-7(13)5-9(8)19-12/h3-6H,13H2,1-2H3,(H,15,18). The number of hydrogen-bond donors (Lipinski definition) is 2. The second-order valence-corrected chi connectivity index (χ2v) is 5.50. The van der Waals surface area contributed by atoms with Crippen LogP contribution in [0, 0.1) is 0 Å². The molecule has 0 saturated heterocycles. The van der Waals surface area contributed by atoms with Gasteiger partial charge in [-0.25, -0.2) is 14.9 Å². The minimum Gasteiger partial charge on any atom is -0.431 e. The fourth-order valence-corrected chi connectivity index (χ4v) is 2.77. The third kappa shape index (κ3) is 2.18. The highest BCUT2D eigenvalue weighted by Gasteiger charge is 2.16. The maximum atomic E-state index is 11.7. The van der Waals surface area contributed by atoms with Crippen LogP contribution in [0.2, 0.25) is 0 Å². The second kappa shape index (κ2) is 4.71. The summed E-state index contributed by atoms with van der Waals surface area (Å²) in [5, 5.41) is 7.35. The Labute approximate surface area is 118 Å². The SMILES string of the molecule is CC(C)n1c(Sc2nc3ccc(N)cc3o2)n[nH]c1=O. The zero-order chi connectivity index (χ0) is 14.3. The predicted molar refractivity (Wildman–Crippen MR) is 75.8 cm³/mol. The zero-order valence-corrected chi connectivity index (χ0v) is 11.8. The number of benzene rings is 1. The van der Waals surface area contributed by atoms with Crippen molar-refractivity contribution in [2.75, 3.05) is 5.73 Å². The van der Waals surface area contributed by atoms with Crippen LogP contribution in [0.4, 0.5) is 5.69 Å². The lowest BCUT2D eigenvalue weighted by Crippen LogP contribution is -2.19. The number of nitrogen functional groups attached to an aromatic ring is 1. The summed E-state index contributed by atoms with van der Waals surface area (Å²) in [4.78, 5) is 16.0. The van der Waals surface area contributed by atoms with E-state index in [-0.39, 0.29) is 11.7 Å². The van der Waals surface area contributed by atoms with E-state index in [2.05, 4.69) is 15.2 Å². The van der Waals surface area contributed by atoms with Gasteiger partial charge in [0.15, 0.2) is 5.58 Å². The molecule has 1 aromatic carbocycles. The van der Waals surface area contributed by atoms with Crippen LogP contribution in [0.1, 0.15) is 19.9 Å². The Hall–Kier alpha value is -2.22. The summed E-state index contributed by atoms with van der Waals surface area (Å²) < 4.78 is 7.15. The summed E-state index contributed by atoms with van der Waals surface area (Å²) >= 11 is 1.20. The molecule has 3 N–H and O–H groups in total. The van der Waals surface area contributed by atoms with Crippen molar-refractivity contribution in [2.45, 2.75) is 30.3 Å². The van der Waals surface area contributed by atoms with Gasteiger partial charge in [-0.2, -0.15) is 0 Å². The highest BCUT2D eigenvalue weighted by molar-refractivity contribution is 7.99. The fourth-order valence-electron chi connectivity index (χ4n) is 1.86. The van der Waals surface area contributed by atoms with Crippen LogP contribution < -0.4 is 11.4 Å². The number of rotatable bonds is 3. The average Bonchev–Trinajstić information content (AvgIpc) is 2.92. The monoisotopic (exact) mass is 291 g/mol. The Kier molecular flexibility index (Phi) is 3.01. The van der Waals surface area contributed by atoms with E-state index in [1.807, 2.05) is 13.8 Å². The summed E-state index contributed by atoms with van der Waals surface area (Å²) in [5.41, 5.74) is 7.39. The first-order valence-electron chi connectivity index (χ1n) is 6.05. The van der Waals surface area contributed by atoms with E-state index in [4.69, 9.17) is 10.2 Å². The van der Waals surface area contributed by atoms with Crippen LogP contribution in [-0.4, -0.2) is 19.7 Å². The molecular formula is C12H13N5O2S. The van der Waals surface area contributed by atoms with Gasteiger partial charge in [0.2, 0.25) is 5.16 Å². The molecule has 0 bridgehead atoms. The molecule has 3 rings (SSSR count). The molecule has 3 aromatic rings. The van der Waals surface area contributed by atoms with Gasteiger partial charge in [-0.3, -0.25) is 4.57 Å². The minimum absolute atomic E-state index is 0.00349. The Morgan fingerprint density at radius 2 is 2.25 bits per heavy atom. The van der Waals surface area contributed by atoms with Crippen LogP contribution in [0.5, 0.6) is 0 Å². The molecule has 2 heterocycles. The van der Waals surface area contributed by atoms with Gasteiger partial charge in [-0.05, 0) is 26.0 Å². The van der Waals surface area contributed by atoms with E-state index in [0.29, 0.717) is 21.6 Å². The molecular weight excluding hydrogens is 278 g/mol. The quantitative estimate of drug-likeness (QED) is 0.716.